The molecular formula is C16H18N2O3. The van der Waals surface area contributed by atoms with Crippen molar-refractivity contribution in [2.45, 2.75) is 43.8 Å². The molecule has 1 fully saturated rings. The lowest BCUT2D eigenvalue weighted by Gasteiger charge is -2.40. The zero-order chi connectivity index (χ0) is 15.0. The van der Waals surface area contributed by atoms with Crippen molar-refractivity contribution in [2.24, 2.45) is 4.99 Å². The Morgan fingerprint density at radius 2 is 2.10 bits per heavy atom. The van der Waals surface area contributed by atoms with Crippen molar-refractivity contribution in [1.82, 2.24) is 4.90 Å². The van der Waals surface area contributed by atoms with Crippen LogP contribution in [0.15, 0.2) is 29.3 Å². The van der Waals surface area contributed by atoms with Gasteiger partial charge in [-0.25, -0.2) is 4.79 Å². The normalized spacial score (nSPS) is 28.3. The number of amides is 1. The highest BCUT2D eigenvalue weighted by atomic mass is 16.4. The minimum Gasteiger partial charge on any atom is -0.480 e. The highest BCUT2D eigenvalue weighted by Gasteiger charge is 2.43. The number of carboxylic acids is 1. The number of fused-ring (bicyclic) bond motifs is 3. The van der Waals surface area contributed by atoms with Crippen LogP contribution in [0, 0.1) is 0 Å². The van der Waals surface area contributed by atoms with Crippen LogP contribution in [0.1, 0.15) is 36.4 Å². The van der Waals surface area contributed by atoms with E-state index in [0.717, 1.165) is 24.0 Å². The maximum absolute atomic E-state index is 12.7. The van der Waals surface area contributed by atoms with Crippen molar-refractivity contribution in [3.63, 3.8) is 0 Å². The fourth-order valence-electron chi connectivity index (χ4n) is 3.51. The zero-order valence-corrected chi connectivity index (χ0v) is 11.7. The molecule has 1 N–H and O–H groups in total. The number of benzene rings is 1. The Labute approximate surface area is 123 Å². The van der Waals surface area contributed by atoms with Gasteiger partial charge in [0.1, 0.15) is 12.1 Å². The summed E-state index contributed by atoms with van der Waals surface area (Å²) in [7, 11) is 0. The summed E-state index contributed by atoms with van der Waals surface area (Å²) in [6, 6.07) is 6.37. The zero-order valence-electron chi connectivity index (χ0n) is 11.7. The van der Waals surface area contributed by atoms with Crippen LogP contribution >= 0.6 is 0 Å². The van der Waals surface area contributed by atoms with E-state index < -0.39 is 18.1 Å². The van der Waals surface area contributed by atoms with Gasteiger partial charge in [0.15, 0.2) is 0 Å². The first-order valence-corrected chi connectivity index (χ1v) is 7.22. The molecule has 1 aromatic rings. The summed E-state index contributed by atoms with van der Waals surface area (Å²) >= 11 is 0. The number of carboxylic acid groups (broad SMARTS) is 1. The van der Waals surface area contributed by atoms with Crippen molar-refractivity contribution >= 4 is 18.6 Å². The summed E-state index contributed by atoms with van der Waals surface area (Å²) in [5.74, 6) is -1.14. The molecular weight excluding hydrogens is 268 g/mol. The van der Waals surface area contributed by atoms with E-state index >= 15 is 0 Å². The van der Waals surface area contributed by atoms with Crippen LogP contribution in [0.3, 0.4) is 0 Å². The number of aliphatic carboxylic acids is 1. The van der Waals surface area contributed by atoms with Crippen molar-refractivity contribution in [2.75, 3.05) is 0 Å². The number of hydrogen-bond acceptors (Lipinski definition) is 3. The van der Waals surface area contributed by atoms with Crippen LogP contribution in [-0.2, 0) is 16.0 Å². The molecule has 0 saturated carbocycles. The van der Waals surface area contributed by atoms with Crippen LogP contribution in [0.4, 0.5) is 0 Å². The highest BCUT2D eigenvalue weighted by Crippen LogP contribution is 2.39. The lowest BCUT2D eigenvalue weighted by atomic mass is 9.89. The molecule has 5 heteroatoms. The summed E-state index contributed by atoms with van der Waals surface area (Å²) in [6.45, 7) is 3.51. The summed E-state index contributed by atoms with van der Waals surface area (Å²) in [5, 5.41) is 9.45. The van der Waals surface area contributed by atoms with E-state index in [2.05, 4.69) is 11.7 Å². The third kappa shape index (κ3) is 2.22. The molecule has 0 unspecified atom stereocenters. The van der Waals surface area contributed by atoms with E-state index in [-0.39, 0.29) is 11.9 Å². The van der Waals surface area contributed by atoms with E-state index in [9.17, 15) is 14.7 Å². The van der Waals surface area contributed by atoms with Crippen molar-refractivity contribution in [3.05, 3.63) is 35.4 Å². The first-order chi connectivity index (χ1) is 10.1. The van der Waals surface area contributed by atoms with Gasteiger partial charge in [-0.2, -0.15) is 0 Å². The summed E-state index contributed by atoms with van der Waals surface area (Å²) < 4.78 is 0. The fourth-order valence-corrected chi connectivity index (χ4v) is 3.51. The molecule has 1 amide bonds. The lowest BCUT2D eigenvalue weighted by Crippen LogP contribution is -2.51. The van der Waals surface area contributed by atoms with Crippen LogP contribution in [-0.4, -0.2) is 40.7 Å². The third-order valence-electron chi connectivity index (χ3n) is 4.50. The van der Waals surface area contributed by atoms with Gasteiger partial charge in [0.05, 0.1) is 6.04 Å². The SMILES string of the molecule is C=N[C@H]1Cc2ccccc2[C@@H]2CCC[C@@H](C(=O)O)N2C1=O. The second kappa shape index (κ2) is 5.31. The van der Waals surface area contributed by atoms with Crippen LogP contribution in [0.5, 0.6) is 0 Å². The number of nitrogens with zero attached hydrogens (tertiary/aromatic N) is 2. The minimum absolute atomic E-state index is 0.157. The highest BCUT2D eigenvalue weighted by molar-refractivity contribution is 5.89. The number of aliphatic imine (C=N–C) groups is 1. The number of piperidine rings is 1. The predicted octanol–water partition coefficient (Wildman–Crippen LogP) is 1.82. The lowest BCUT2D eigenvalue weighted by molar-refractivity contribution is -0.155. The number of rotatable bonds is 2. The van der Waals surface area contributed by atoms with Crippen molar-refractivity contribution in [1.29, 1.82) is 0 Å². The molecule has 3 rings (SSSR count). The second-order valence-electron chi connectivity index (χ2n) is 5.65. The van der Waals surface area contributed by atoms with E-state index in [1.165, 1.54) is 4.90 Å². The predicted molar refractivity (Wildman–Crippen MR) is 78.3 cm³/mol. The second-order valence-corrected chi connectivity index (χ2v) is 5.65. The molecule has 110 valence electrons. The first kappa shape index (κ1) is 13.8. The summed E-state index contributed by atoms with van der Waals surface area (Å²) in [6.07, 6.45) is 2.61. The van der Waals surface area contributed by atoms with E-state index in [1.807, 2.05) is 24.3 Å². The number of hydrogen-bond donors (Lipinski definition) is 1. The Morgan fingerprint density at radius 1 is 1.33 bits per heavy atom. The first-order valence-electron chi connectivity index (χ1n) is 7.22. The molecule has 5 nitrogen and oxygen atoms in total. The van der Waals surface area contributed by atoms with Gasteiger partial charge in [-0.3, -0.25) is 9.79 Å². The Balaban J connectivity index is 2.12. The molecule has 0 bridgehead atoms. The number of carbonyl (C=O) groups is 2. The van der Waals surface area contributed by atoms with E-state index in [4.69, 9.17) is 0 Å². The minimum atomic E-state index is -0.935. The third-order valence-corrected chi connectivity index (χ3v) is 4.50. The Bertz CT molecular complexity index is 599. The van der Waals surface area contributed by atoms with Gasteiger partial charge in [0.25, 0.3) is 0 Å². The van der Waals surface area contributed by atoms with Gasteiger partial charge in [-0.1, -0.05) is 24.3 Å². The monoisotopic (exact) mass is 286 g/mol. The van der Waals surface area contributed by atoms with Crippen molar-refractivity contribution < 1.29 is 14.7 Å². The molecule has 21 heavy (non-hydrogen) atoms. The van der Waals surface area contributed by atoms with Gasteiger partial charge >= 0.3 is 5.97 Å². The average Bonchev–Trinajstić information content (AvgIpc) is 2.62. The maximum Gasteiger partial charge on any atom is 0.326 e. The largest absolute Gasteiger partial charge is 0.480 e. The van der Waals surface area contributed by atoms with Crippen LogP contribution in [0.2, 0.25) is 0 Å². The quantitative estimate of drug-likeness (QED) is 0.843. The Morgan fingerprint density at radius 3 is 2.81 bits per heavy atom. The topological polar surface area (TPSA) is 70.0 Å². The van der Waals surface area contributed by atoms with Gasteiger partial charge in [-0.15, -0.1) is 0 Å². The maximum atomic E-state index is 12.7. The molecule has 0 radical (unpaired) electrons. The molecule has 0 spiro atoms. The van der Waals surface area contributed by atoms with Crippen LogP contribution < -0.4 is 0 Å². The van der Waals surface area contributed by atoms with Crippen molar-refractivity contribution in [3.8, 4) is 0 Å². The van der Waals surface area contributed by atoms with Crippen LogP contribution in [0.25, 0.3) is 0 Å². The molecule has 2 aliphatic heterocycles. The molecule has 0 aromatic heterocycles. The molecule has 3 atom stereocenters. The number of carbonyl (C=O) groups excluding carboxylic acids is 1. The Hall–Kier alpha value is -2.17. The molecule has 1 aromatic carbocycles. The average molecular weight is 286 g/mol. The van der Waals surface area contributed by atoms with Gasteiger partial charge in [-0.05, 0) is 37.1 Å². The summed E-state index contributed by atoms with van der Waals surface area (Å²) in [5.41, 5.74) is 2.13. The molecule has 0 aliphatic carbocycles. The molecule has 2 heterocycles. The standard InChI is InChI=1S/C16H18N2O3/c1-17-12-9-10-5-2-3-6-11(10)13-7-4-8-14(16(20)21)18(13)15(12)19/h2-3,5-6,12-14H,1,4,7-9H2,(H,20,21)/t12-,13-,14-/m0/s1. The van der Waals surface area contributed by atoms with E-state index in [1.54, 1.807) is 0 Å². The fraction of sp³-hybridized carbons (Fsp3) is 0.438. The van der Waals surface area contributed by atoms with Gasteiger partial charge in [0.2, 0.25) is 5.91 Å². The Kier molecular flexibility index (Phi) is 3.49. The molecule has 1 saturated heterocycles. The van der Waals surface area contributed by atoms with Gasteiger partial charge in [0, 0.05) is 6.42 Å². The molecule has 2 aliphatic rings. The van der Waals surface area contributed by atoms with E-state index in [0.29, 0.717) is 12.8 Å². The smallest absolute Gasteiger partial charge is 0.326 e. The summed E-state index contributed by atoms with van der Waals surface area (Å²) in [4.78, 5) is 29.7. The van der Waals surface area contributed by atoms with Gasteiger partial charge < -0.3 is 10.0 Å².